The molecule has 1 heterocycles. The molecule has 0 aromatic heterocycles. The average Bonchev–Trinajstić information content (AvgIpc) is 3.09. The quantitative estimate of drug-likeness (QED) is 0.525. The van der Waals surface area contributed by atoms with E-state index in [1.807, 2.05) is 24.0 Å². The molecule has 2 amide bonds. The van der Waals surface area contributed by atoms with Crippen molar-refractivity contribution in [3.8, 4) is 0 Å². The number of hydrogen-bond acceptors (Lipinski definition) is 4. The molecule has 1 aliphatic heterocycles. The van der Waals surface area contributed by atoms with Crippen LogP contribution < -0.4 is 5.32 Å². The Hall–Kier alpha value is -2.90. The summed E-state index contributed by atoms with van der Waals surface area (Å²) in [7, 11) is 0. The van der Waals surface area contributed by atoms with E-state index in [1.165, 1.54) is 0 Å². The van der Waals surface area contributed by atoms with Crippen LogP contribution in [0.5, 0.6) is 0 Å². The number of nitrogens with one attached hydrogen (secondary N) is 1. The number of aliphatic imine (C=N–C) groups is 1. The SMILES string of the molecule is C[C@H](c1ccc(C(=O)NCCC(=O)O)cc1)N1C(=O)C(c2cc(Cl)cc(Cl)c2)=NC12CCCCC2. The first-order valence-electron chi connectivity index (χ1n) is 11.7. The van der Waals surface area contributed by atoms with Crippen LogP contribution in [0.2, 0.25) is 10.0 Å². The number of carbonyl (C=O) groups is 3. The average molecular weight is 516 g/mol. The number of carboxylic acids is 1. The molecule has 0 unspecified atom stereocenters. The van der Waals surface area contributed by atoms with Gasteiger partial charge in [-0.05, 0) is 68.5 Å². The maximum absolute atomic E-state index is 13.8. The Labute approximate surface area is 214 Å². The zero-order chi connectivity index (χ0) is 25.2. The van der Waals surface area contributed by atoms with Crippen LogP contribution in [0.3, 0.4) is 0 Å². The molecule has 184 valence electrons. The second-order valence-corrected chi connectivity index (χ2v) is 9.91. The van der Waals surface area contributed by atoms with E-state index < -0.39 is 11.6 Å². The van der Waals surface area contributed by atoms with Gasteiger partial charge >= 0.3 is 5.97 Å². The van der Waals surface area contributed by atoms with Crippen LogP contribution in [0.1, 0.15) is 73.0 Å². The largest absolute Gasteiger partial charge is 0.481 e. The van der Waals surface area contributed by atoms with Crippen molar-refractivity contribution in [3.05, 3.63) is 69.2 Å². The summed E-state index contributed by atoms with van der Waals surface area (Å²) in [6, 6.07) is 11.8. The summed E-state index contributed by atoms with van der Waals surface area (Å²) in [5.74, 6) is -1.47. The van der Waals surface area contributed by atoms with Gasteiger partial charge in [-0.3, -0.25) is 19.4 Å². The molecule has 35 heavy (non-hydrogen) atoms. The fraction of sp³-hybridized carbons (Fsp3) is 0.385. The molecule has 4 rings (SSSR count). The van der Waals surface area contributed by atoms with Gasteiger partial charge in [-0.2, -0.15) is 0 Å². The Kier molecular flexibility index (Phi) is 7.47. The maximum atomic E-state index is 13.8. The Morgan fingerprint density at radius 1 is 1.09 bits per heavy atom. The molecule has 1 fully saturated rings. The minimum atomic E-state index is -0.969. The Bertz CT molecular complexity index is 1150. The van der Waals surface area contributed by atoms with Crippen LogP contribution in [0.25, 0.3) is 0 Å². The lowest BCUT2D eigenvalue weighted by Crippen LogP contribution is -2.49. The zero-order valence-electron chi connectivity index (χ0n) is 19.4. The molecule has 1 saturated carbocycles. The number of halogens is 2. The number of benzene rings is 2. The molecule has 2 aromatic rings. The third-order valence-corrected chi connectivity index (χ3v) is 7.08. The summed E-state index contributed by atoms with van der Waals surface area (Å²) in [6.45, 7) is 2.03. The van der Waals surface area contributed by atoms with Crippen molar-refractivity contribution >= 4 is 46.7 Å². The maximum Gasteiger partial charge on any atom is 0.305 e. The molecular formula is C26H27Cl2N3O4. The van der Waals surface area contributed by atoms with E-state index in [9.17, 15) is 14.4 Å². The smallest absolute Gasteiger partial charge is 0.305 e. The zero-order valence-corrected chi connectivity index (χ0v) is 20.9. The minimum absolute atomic E-state index is 0.0603. The molecule has 1 spiro atoms. The normalized spacial score (nSPS) is 17.9. The standard InChI is InChI=1S/C26H27Cl2N3O4/c1-16(17-5-7-18(8-6-17)24(34)29-12-9-22(32)33)31-25(35)23(19-13-20(27)15-21(28)14-19)30-26(31)10-3-2-4-11-26/h5-8,13-16H,2-4,9-12H2,1H3,(H,29,34)(H,32,33)/t16-/m1/s1. The highest BCUT2D eigenvalue weighted by Crippen LogP contribution is 2.44. The molecule has 7 nitrogen and oxygen atoms in total. The summed E-state index contributed by atoms with van der Waals surface area (Å²) in [4.78, 5) is 43.6. The van der Waals surface area contributed by atoms with Gasteiger partial charge in [-0.25, -0.2) is 0 Å². The van der Waals surface area contributed by atoms with Gasteiger partial charge < -0.3 is 15.3 Å². The summed E-state index contributed by atoms with van der Waals surface area (Å²) >= 11 is 12.4. The van der Waals surface area contributed by atoms with E-state index in [2.05, 4.69) is 5.32 Å². The van der Waals surface area contributed by atoms with Crippen LogP contribution in [-0.4, -0.2) is 45.7 Å². The van der Waals surface area contributed by atoms with Gasteiger partial charge in [-0.15, -0.1) is 0 Å². The molecule has 0 bridgehead atoms. The van der Waals surface area contributed by atoms with Crippen molar-refractivity contribution in [2.75, 3.05) is 6.54 Å². The molecule has 2 aliphatic rings. The lowest BCUT2D eigenvalue weighted by Gasteiger charge is -2.42. The summed E-state index contributed by atoms with van der Waals surface area (Å²) in [5.41, 5.74) is 1.67. The van der Waals surface area contributed by atoms with Gasteiger partial charge in [0.2, 0.25) is 0 Å². The van der Waals surface area contributed by atoms with E-state index in [4.69, 9.17) is 33.3 Å². The van der Waals surface area contributed by atoms with E-state index in [0.29, 0.717) is 26.9 Å². The van der Waals surface area contributed by atoms with Gasteiger partial charge in [0.15, 0.2) is 0 Å². The van der Waals surface area contributed by atoms with Gasteiger partial charge in [-0.1, -0.05) is 41.8 Å². The van der Waals surface area contributed by atoms with Crippen molar-refractivity contribution in [3.63, 3.8) is 0 Å². The summed E-state index contributed by atoms with van der Waals surface area (Å²) in [5, 5.41) is 12.2. The number of hydrogen-bond donors (Lipinski definition) is 2. The predicted octanol–water partition coefficient (Wildman–Crippen LogP) is 5.25. The third kappa shape index (κ3) is 5.36. The Morgan fingerprint density at radius 2 is 1.71 bits per heavy atom. The monoisotopic (exact) mass is 515 g/mol. The molecule has 1 atom stereocenters. The van der Waals surface area contributed by atoms with Crippen LogP contribution >= 0.6 is 23.2 Å². The summed E-state index contributed by atoms with van der Waals surface area (Å²) < 4.78 is 0. The minimum Gasteiger partial charge on any atom is -0.481 e. The number of amides is 2. The second-order valence-electron chi connectivity index (χ2n) is 9.03. The lowest BCUT2D eigenvalue weighted by atomic mass is 9.87. The van der Waals surface area contributed by atoms with E-state index in [0.717, 1.165) is 37.7 Å². The Morgan fingerprint density at radius 3 is 2.31 bits per heavy atom. The summed E-state index contributed by atoms with van der Waals surface area (Å²) in [6.07, 6.45) is 4.51. The van der Waals surface area contributed by atoms with Crippen molar-refractivity contribution < 1.29 is 19.5 Å². The van der Waals surface area contributed by atoms with Crippen molar-refractivity contribution in [1.29, 1.82) is 0 Å². The van der Waals surface area contributed by atoms with Gasteiger partial charge in [0.05, 0.1) is 12.5 Å². The third-order valence-electron chi connectivity index (χ3n) is 6.65. The van der Waals surface area contributed by atoms with Crippen LogP contribution in [0, 0.1) is 0 Å². The molecule has 9 heteroatoms. The van der Waals surface area contributed by atoms with Crippen molar-refractivity contribution in [1.82, 2.24) is 10.2 Å². The van der Waals surface area contributed by atoms with E-state index in [-0.39, 0.29) is 30.8 Å². The fourth-order valence-corrected chi connectivity index (χ4v) is 5.47. The molecule has 2 aromatic carbocycles. The molecule has 2 N–H and O–H groups in total. The highest BCUT2D eigenvalue weighted by atomic mass is 35.5. The first-order valence-corrected chi connectivity index (χ1v) is 12.5. The first kappa shape index (κ1) is 25.2. The number of rotatable bonds is 7. The van der Waals surface area contributed by atoms with Gasteiger partial charge in [0, 0.05) is 27.7 Å². The van der Waals surface area contributed by atoms with Crippen molar-refractivity contribution in [2.45, 2.75) is 57.2 Å². The molecule has 1 aliphatic carbocycles. The number of carbonyl (C=O) groups excluding carboxylic acids is 2. The molecule has 0 radical (unpaired) electrons. The number of nitrogens with zero attached hydrogens (tertiary/aromatic N) is 2. The predicted molar refractivity (Wildman–Crippen MR) is 135 cm³/mol. The molecular weight excluding hydrogens is 489 g/mol. The van der Waals surface area contributed by atoms with Gasteiger partial charge in [0.1, 0.15) is 11.4 Å². The van der Waals surface area contributed by atoms with Crippen molar-refractivity contribution in [2.24, 2.45) is 4.99 Å². The Balaban J connectivity index is 1.59. The van der Waals surface area contributed by atoms with E-state index in [1.54, 1.807) is 30.3 Å². The van der Waals surface area contributed by atoms with Gasteiger partial charge in [0.25, 0.3) is 11.8 Å². The second kappa shape index (κ2) is 10.4. The highest BCUT2D eigenvalue weighted by Gasteiger charge is 2.49. The van der Waals surface area contributed by atoms with Crippen LogP contribution in [0.4, 0.5) is 0 Å². The highest BCUT2D eigenvalue weighted by molar-refractivity contribution is 6.47. The fourth-order valence-electron chi connectivity index (χ4n) is 4.95. The topological polar surface area (TPSA) is 99.1 Å². The number of aliphatic carboxylic acids is 1. The first-order chi connectivity index (χ1) is 16.7. The number of carboxylic acid groups (broad SMARTS) is 1. The lowest BCUT2D eigenvalue weighted by molar-refractivity contribution is -0.137. The molecule has 0 saturated heterocycles. The van der Waals surface area contributed by atoms with E-state index >= 15 is 0 Å². The van der Waals surface area contributed by atoms with Crippen LogP contribution in [-0.2, 0) is 9.59 Å². The van der Waals surface area contributed by atoms with Crippen LogP contribution in [0.15, 0.2) is 47.5 Å².